The monoisotopic (exact) mass is 827 g/mol. The van der Waals surface area contributed by atoms with Crippen molar-refractivity contribution in [2.24, 2.45) is 5.92 Å². The first-order valence-electron chi connectivity index (χ1n) is 18.2. The van der Waals surface area contributed by atoms with Crippen LogP contribution < -0.4 is 20.1 Å². The highest BCUT2D eigenvalue weighted by Crippen LogP contribution is 2.48. The van der Waals surface area contributed by atoms with Crippen molar-refractivity contribution in [2.75, 3.05) is 11.9 Å². The van der Waals surface area contributed by atoms with Crippen LogP contribution in [0.1, 0.15) is 75.8 Å². The quantitative estimate of drug-likeness (QED) is 0.180. The molecule has 2 aromatic carbocycles. The van der Waals surface area contributed by atoms with Gasteiger partial charge >= 0.3 is 12.4 Å². The van der Waals surface area contributed by atoms with Gasteiger partial charge in [0.2, 0.25) is 21.8 Å². The van der Waals surface area contributed by atoms with Crippen molar-refractivity contribution in [3.8, 4) is 5.19 Å². The van der Waals surface area contributed by atoms with E-state index in [1.807, 2.05) is 18.2 Å². The van der Waals surface area contributed by atoms with Crippen molar-refractivity contribution < 1.29 is 53.9 Å². The summed E-state index contributed by atoms with van der Waals surface area (Å²) in [5, 5.41) is 5.61. The predicted molar refractivity (Wildman–Crippen MR) is 194 cm³/mol. The lowest BCUT2D eigenvalue weighted by Crippen LogP contribution is -2.58. The number of alkyl halides is 6. The van der Waals surface area contributed by atoms with Crippen molar-refractivity contribution >= 4 is 55.0 Å². The highest BCUT2D eigenvalue weighted by atomic mass is 32.2. The third-order valence-corrected chi connectivity index (χ3v) is 14.0. The number of amides is 3. The smallest absolute Gasteiger partial charge is 0.416 e. The number of nitrogens with one attached hydrogen (secondary N) is 3. The Morgan fingerprint density at radius 3 is 2.38 bits per heavy atom. The van der Waals surface area contributed by atoms with Gasteiger partial charge in [-0.3, -0.25) is 19.1 Å². The Bertz CT molecular complexity index is 2110. The summed E-state index contributed by atoms with van der Waals surface area (Å²) in [5.74, 6) is -3.06. The summed E-state index contributed by atoms with van der Waals surface area (Å²) in [6.45, 7) is 1.30. The van der Waals surface area contributed by atoms with Gasteiger partial charge in [0.1, 0.15) is 23.7 Å². The molecule has 7 rings (SSSR count). The molecule has 1 saturated heterocycles. The molecule has 19 heteroatoms. The number of benzene rings is 2. The number of allylic oxidation sites excluding steroid dienone is 1. The Morgan fingerprint density at radius 2 is 1.71 bits per heavy atom. The van der Waals surface area contributed by atoms with Crippen LogP contribution in [0.4, 0.5) is 32.0 Å². The maximum Gasteiger partial charge on any atom is 0.416 e. The summed E-state index contributed by atoms with van der Waals surface area (Å²) in [4.78, 5) is 48.2. The minimum atomic E-state index is -5.13. The predicted octanol–water partition coefficient (Wildman–Crippen LogP) is 6.56. The summed E-state index contributed by atoms with van der Waals surface area (Å²) in [7, 11) is -4.09. The Morgan fingerprint density at radius 1 is 1.02 bits per heavy atom. The minimum Gasteiger partial charge on any atom is -0.465 e. The van der Waals surface area contributed by atoms with Crippen LogP contribution in [0.3, 0.4) is 0 Å². The van der Waals surface area contributed by atoms with Crippen molar-refractivity contribution in [1.82, 2.24) is 19.9 Å². The number of thiazole rings is 1. The lowest BCUT2D eigenvalue weighted by molar-refractivity contribution is -0.143. The summed E-state index contributed by atoms with van der Waals surface area (Å²) in [6, 6.07) is 5.52. The molecule has 0 unspecified atom stereocenters. The van der Waals surface area contributed by atoms with E-state index >= 15 is 0 Å². The lowest BCUT2D eigenvalue weighted by atomic mass is 10.0. The number of sulfonamides is 1. The van der Waals surface area contributed by atoms with Crippen molar-refractivity contribution in [3.63, 3.8) is 0 Å². The van der Waals surface area contributed by atoms with Gasteiger partial charge in [-0.2, -0.15) is 26.3 Å². The van der Waals surface area contributed by atoms with E-state index < -0.39 is 91.3 Å². The molecular weight excluding hydrogens is 789 g/mol. The lowest BCUT2D eigenvalue weighted by Gasteiger charge is -2.30. The number of nitrogens with zero attached hydrogens (tertiary/aromatic N) is 2. The molecule has 11 nitrogen and oxygen atoms in total. The summed E-state index contributed by atoms with van der Waals surface area (Å²) in [5.41, 5.74) is -4.72. The highest BCUT2D eigenvalue weighted by molar-refractivity contribution is 7.91. The SMILES string of the molecule is CC1(S(=O)(=O)NC(=O)[C@@]23C[C@H]2/C=C\CCCCC[C@H](Nc2cc(C(F)(F)F)cc(C(F)(F)F)c2)C(=O)N2C[C@H](Oc4nc5ccccc5s4)C[C@H]2C(=O)N3)CC1. The Hall–Kier alpha value is -4.39. The average molecular weight is 828 g/mol. The molecule has 2 aliphatic carbocycles. The number of halogens is 6. The molecule has 5 atom stereocenters. The van der Waals surface area contributed by atoms with Crippen LogP contribution >= 0.6 is 11.3 Å². The van der Waals surface area contributed by atoms with E-state index in [2.05, 4.69) is 20.3 Å². The Balaban J connectivity index is 1.22. The van der Waals surface area contributed by atoms with E-state index in [0.29, 0.717) is 56.2 Å². The number of fused-ring (bicyclic) bond motifs is 3. The van der Waals surface area contributed by atoms with Gasteiger partial charge in [0.05, 0.1) is 32.6 Å². The maximum atomic E-state index is 14.5. The van der Waals surface area contributed by atoms with Gasteiger partial charge in [0.25, 0.3) is 11.1 Å². The van der Waals surface area contributed by atoms with Crippen molar-refractivity contribution in [1.29, 1.82) is 0 Å². The number of carbonyl (C=O) groups excluding carboxylic acids is 3. The number of aromatic nitrogens is 1. The molecule has 2 aliphatic heterocycles. The van der Waals surface area contributed by atoms with Gasteiger partial charge in [0, 0.05) is 18.0 Å². The molecule has 2 saturated carbocycles. The molecule has 56 heavy (non-hydrogen) atoms. The standard InChI is InChI=1S/C37H39F6N5O6S2/c1-34(13-14-34)56(52,53)47-32(51)35-19-21(35)9-5-3-2-4-6-11-27(44-24-16-22(36(38,39)40)15-23(17-24)37(41,42)43)31(50)48-20-25(18-28(48)30(49)46-35)54-33-45-26-10-7-8-12-29(26)55-33/h5,7-10,12,15-17,21,25,27-28,44H,2-4,6,11,13-14,18-20H2,1H3,(H,46,49)(H,47,51)/b9-5-/t21-,25-,27+,28+,35-/m1/s1. The first-order chi connectivity index (χ1) is 26.3. The molecule has 3 fully saturated rings. The number of para-hydroxylation sites is 1. The molecule has 1 aromatic heterocycles. The van der Waals surface area contributed by atoms with Crippen LogP contribution in [0.15, 0.2) is 54.6 Å². The first kappa shape index (κ1) is 39.8. The molecule has 3 N–H and O–H groups in total. The van der Waals surface area contributed by atoms with Crippen molar-refractivity contribution in [2.45, 2.75) is 106 Å². The fourth-order valence-electron chi connectivity index (χ4n) is 7.23. The second-order valence-electron chi connectivity index (χ2n) is 15.1. The van der Waals surface area contributed by atoms with Crippen LogP contribution in [0.5, 0.6) is 5.19 Å². The number of hydrogen-bond acceptors (Lipinski definition) is 9. The van der Waals surface area contributed by atoms with E-state index in [4.69, 9.17) is 4.74 Å². The van der Waals surface area contributed by atoms with Crippen LogP contribution in [-0.4, -0.2) is 71.0 Å². The van der Waals surface area contributed by atoms with E-state index in [1.165, 1.54) is 18.3 Å². The van der Waals surface area contributed by atoms with E-state index in [1.54, 1.807) is 18.2 Å². The summed E-state index contributed by atoms with van der Waals surface area (Å²) >= 11 is 1.23. The van der Waals surface area contributed by atoms with E-state index in [0.717, 1.165) is 9.60 Å². The summed E-state index contributed by atoms with van der Waals surface area (Å²) < 4.78 is 117. The molecular formula is C37H39F6N5O6S2. The third kappa shape index (κ3) is 8.19. The van der Waals surface area contributed by atoms with Crippen LogP contribution in [0.2, 0.25) is 0 Å². The third-order valence-electron chi connectivity index (χ3n) is 10.9. The normalized spacial score (nSPS) is 27.6. The maximum absolute atomic E-state index is 14.5. The van der Waals surface area contributed by atoms with Crippen LogP contribution in [-0.2, 0) is 36.8 Å². The van der Waals surface area contributed by atoms with Crippen LogP contribution in [0.25, 0.3) is 10.2 Å². The second kappa shape index (κ2) is 14.5. The molecule has 4 aliphatic rings. The highest BCUT2D eigenvalue weighted by Gasteiger charge is 2.63. The van der Waals surface area contributed by atoms with Crippen molar-refractivity contribution in [3.05, 3.63) is 65.7 Å². The number of rotatable bonds is 7. The molecule has 3 heterocycles. The fraction of sp³-hybridized carbons (Fsp3) is 0.514. The number of anilines is 1. The Labute approximate surface area is 322 Å². The molecule has 0 bridgehead atoms. The fourth-order valence-corrected chi connectivity index (χ4v) is 9.42. The topological polar surface area (TPSA) is 147 Å². The zero-order valence-corrected chi connectivity index (χ0v) is 31.6. The van der Waals surface area contributed by atoms with Gasteiger partial charge in [-0.15, -0.1) is 0 Å². The zero-order valence-electron chi connectivity index (χ0n) is 30.0. The van der Waals surface area contributed by atoms with Gasteiger partial charge in [0.15, 0.2) is 0 Å². The number of carbonyl (C=O) groups is 3. The number of ether oxygens (including phenoxy) is 1. The van der Waals surface area contributed by atoms with E-state index in [-0.39, 0.29) is 37.1 Å². The van der Waals surface area contributed by atoms with Crippen LogP contribution in [0, 0.1) is 5.92 Å². The molecule has 3 amide bonds. The van der Waals surface area contributed by atoms with Gasteiger partial charge in [-0.05, 0) is 75.8 Å². The zero-order chi connectivity index (χ0) is 40.3. The Kier molecular flexibility index (Phi) is 10.3. The average Bonchev–Trinajstić information content (AvgIpc) is 3.93. The number of hydrogen-bond donors (Lipinski definition) is 3. The van der Waals surface area contributed by atoms with Gasteiger partial charge in [-0.25, -0.2) is 13.4 Å². The first-order valence-corrected chi connectivity index (χ1v) is 20.5. The van der Waals surface area contributed by atoms with Gasteiger partial charge < -0.3 is 20.3 Å². The summed E-state index contributed by atoms with van der Waals surface area (Å²) in [6.07, 6.45) is -4.84. The largest absolute Gasteiger partial charge is 0.465 e. The molecule has 0 spiro atoms. The molecule has 302 valence electrons. The van der Waals surface area contributed by atoms with Gasteiger partial charge in [-0.1, -0.05) is 48.5 Å². The molecule has 3 aromatic rings. The molecule has 0 radical (unpaired) electrons. The van der Waals surface area contributed by atoms with E-state index in [9.17, 15) is 49.1 Å². The minimum absolute atomic E-state index is 0.0000274. The second-order valence-corrected chi connectivity index (χ2v) is 18.3.